The van der Waals surface area contributed by atoms with Crippen LogP contribution in [0.2, 0.25) is 0 Å². The van der Waals surface area contributed by atoms with Gasteiger partial charge >= 0.3 is 0 Å². The summed E-state index contributed by atoms with van der Waals surface area (Å²) in [7, 11) is 0. The van der Waals surface area contributed by atoms with Crippen LogP contribution in [0.1, 0.15) is 0 Å². The zero-order valence-corrected chi connectivity index (χ0v) is 7.44. The standard InChI is InChI=1S/C9H9N5/c1-12-5-2-3-7-6(4-5)8(10)14-9(11)13-7/h2-4H,1H2,(H4,10,11,13,14). The molecule has 4 N–H and O–H groups in total. The van der Waals surface area contributed by atoms with Crippen molar-refractivity contribution in [2.75, 3.05) is 11.5 Å². The number of nitrogen functional groups attached to an aromatic ring is 2. The minimum atomic E-state index is 0.175. The van der Waals surface area contributed by atoms with Crippen LogP contribution in [0.5, 0.6) is 0 Å². The number of nitrogens with two attached hydrogens (primary N) is 2. The topological polar surface area (TPSA) is 90.2 Å². The zero-order chi connectivity index (χ0) is 10.1. The molecule has 0 aliphatic heterocycles. The molecule has 0 fully saturated rings. The number of hydrogen-bond acceptors (Lipinski definition) is 5. The Hall–Kier alpha value is -2.17. The maximum absolute atomic E-state index is 5.69. The first-order valence-electron chi connectivity index (χ1n) is 4.00. The Morgan fingerprint density at radius 3 is 2.71 bits per heavy atom. The van der Waals surface area contributed by atoms with Gasteiger partial charge in [0, 0.05) is 5.39 Å². The molecular formula is C9H9N5. The SMILES string of the molecule is C=Nc1ccc2nc(N)nc(N)c2c1. The molecular weight excluding hydrogens is 178 g/mol. The van der Waals surface area contributed by atoms with E-state index in [2.05, 4.69) is 21.7 Å². The molecule has 70 valence electrons. The molecule has 5 heteroatoms. The summed E-state index contributed by atoms with van der Waals surface area (Å²) in [5.41, 5.74) is 12.6. The molecule has 14 heavy (non-hydrogen) atoms. The molecule has 0 atom stereocenters. The van der Waals surface area contributed by atoms with Gasteiger partial charge in [-0.1, -0.05) is 0 Å². The van der Waals surface area contributed by atoms with Gasteiger partial charge in [-0.15, -0.1) is 0 Å². The van der Waals surface area contributed by atoms with Crippen LogP contribution in [-0.2, 0) is 0 Å². The average Bonchev–Trinajstić information content (AvgIpc) is 2.17. The lowest BCUT2D eigenvalue weighted by Crippen LogP contribution is -2.00. The maximum atomic E-state index is 5.69. The number of nitrogens with zero attached hydrogens (tertiary/aromatic N) is 3. The van der Waals surface area contributed by atoms with Crippen LogP contribution < -0.4 is 11.5 Å². The van der Waals surface area contributed by atoms with Crippen LogP contribution in [0.25, 0.3) is 10.9 Å². The van der Waals surface area contributed by atoms with Crippen LogP contribution >= 0.6 is 0 Å². The lowest BCUT2D eigenvalue weighted by molar-refractivity contribution is 1.24. The molecule has 0 aliphatic carbocycles. The predicted octanol–water partition coefficient (Wildman–Crippen LogP) is 1.13. The Kier molecular flexibility index (Phi) is 1.78. The average molecular weight is 187 g/mol. The maximum Gasteiger partial charge on any atom is 0.222 e. The Labute approximate surface area is 80.5 Å². The van der Waals surface area contributed by atoms with Gasteiger partial charge in [-0.2, -0.15) is 4.98 Å². The highest BCUT2D eigenvalue weighted by Crippen LogP contribution is 2.23. The van der Waals surface area contributed by atoms with Gasteiger partial charge in [-0.3, -0.25) is 4.99 Å². The van der Waals surface area contributed by atoms with Crippen molar-refractivity contribution in [1.29, 1.82) is 0 Å². The summed E-state index contributed by atoms with van der Waals surface area (Å²) in [6.45, 7) is 3.43. The molecule has 1 heterocycles. The molecule has 5 nitrogen and oxygen atoms in total. The number of aliphatic imine (C=N–C) groups is 1. The quantitative estimate of drug-likeness (QED) is 0.654. The highest BCUT2D eigenvalue weighted by molar-refractivity contribution is 5.91. The van der Waals surface area contributed by atoms with Crippen LogP contribution in [0.3, 0.4) is 0 Å². The molecule has 0 saturated carbocycles. The first-order valence-corrected chi connectivity index (χ1v) is 4.00. The lowest BCUT2D eigenvalue weighted by atomic mass is 10.2. The normalized spacial score (nSPS) is 10.3. The number of aromatic nitrogens is 2. The van der Waals surface area contributed by atoms with Crippen molar-refractivity contribution in [2.45, 2.75) is 0 Å². The molecule has 1 aromatic heterocycles. The van der Waals surface area contributed by atoms with E-state index in [9.17, 15) is 0 Å². The summed E-state index contributed by atoms with van der Waals surface area (Å²) >= 11 is 0. The molecule has 0 radical (unpaired) electrons. The van der Waals surface area contributed by atoms with Gasteiger partial charge in [-0.25, -0.2) is 4.98 Å². The van der Waals surface area contributed by atoms with Crippen LogP contribution in [0.15, 0.2) is 23.2 Å². The molecule has 2 rings (SSSR count). The molecule has 0 amide bonds. The Morgan fingerprint density at radius 2 is 2.00 bits per heavy atom. The summed E-state index contributed by atoms with van der Waals surface area (Å²) in [4.78, 5) is 11.7. The van der Waals surface area contributed by atoms with Crippen LogP contribution in [0, 0.1) is 0 Å². The van der Waals surface area contributed by atoms with E-state index in [1.165, 1.54) is 0 Å². The van der Waals surface area contributed by atoms with Crippen molar-refractivity contribution in [1.82, 2.24) is 9.97 Å². The third-order valence-electron chi connectivity index (χ3n) is 1.91. The van der Waals surface area contributed by atoms with Gasteiger partial charge in [0.1, 0.15) is 5.82 Å². The van der Waals surface area contributed by atoms with Crippen molar-refractivity contribution < 1.29 is 0 Å². The van der Waals surface area contributed by atoms with E-state index in [1.807, 2.05) is 0 Å². The van der Waals surface area contributed by atoms with Crippen LogP contribution in [-0.4, -0.2) is 16.7 Å². The highest BCUT2D eigenvalue weighted by atomic mass is 15.0. The molecule has 1 aromatic carbocycles. The second-order valence-corrected chi connectivity index (χ2v) is 2.83. The number of rotatable bonds is 1. The van der Waals surface area contributed by atoms with Crippen molar-refractivity contribution in [3.05, 3.63) is 18.2 Å². The van der Waals surface area contributed by atoms with Gasteiger partial charge in [0.25, 0.3) is 0 Å². The number of benzene rings is 1. The van der Waals surface area contributed by atoms with E-state index < -0.39 is 0 Å². The fourth-order valence-corrected chi connectivity index (χ4v) is 1.26. The van der Waals surface area contributed by atoms with Gasteiger partial charge in [0.05, 0.1) is 11.2 Å². The Bertz CT molecular complexity index is 506. The highest BCUT2D eigenvalue weighted by Gasteiger charge is 2.03. The first kappa shape index (κ1) is 8.43. The predicted molar refractivity (Wildman–Crippen MR) is 57.6 cm³/mol. The molecule has 0 saturated heterocycles. The Balaban J connectivity index is 2.81. The molecule has 0 bridgehead atoms. The van der Waals surface area contributed by atoms with Gasteiger partial charge in [0.2, 0.25) is 5.95 Å². The minimum absolute atomic E-state index is 0.175. The van der Waals surface area contributed by atoms with E-state index in [4.69, 9.17) is 11.5 Å². The van der Waals surface area contributed by atoms with Crippen molar-refractivity contribution >= 4 is 35.1 Å². The third-order valence-corrected chi connectivity index (χ3v) is 1.91. The second-order valence-electron chi connectivity index (χ2n) is 2.83. The summed E-state index contributed by atoms with van der Waals surface area (Å²) in [5, 5.41) is 0.740. The largest absolute Gasteiger partial charge is 0.383 e. The fraction of sp³-hybridized carbons (Fsp3) is 0. The van der Waals surface area contributed by atoms with Crippen molar-refractivity contribution in [2.24, 2.45) is 4.99 Å². The molecule has 2 aromatic rings. The molecule has 0 aliphatic rings. The van der Waals surface area contributed by atoms with Gasteiger partial charge < -0.3 is 11.5 Å². The van der Waals surface area contributed by atoms with Gasteiger partial charge in [0.15, 0.2) is 0 Å². The summed E-state index contributed by atoms with van der Waals surface area (Å²) in [6, 6.07) is 5.35. The zero-order valence-electron chi connectivity index (χ0n) is 7.44. The van der Waals surface area contributed by atoms with Crippen molar-refractivity contribution in [3.8, 4) is 0 Å². The van der Waals surface area contributed by atoms with E-state index in [0.717, 1.165) is 11.1 Å². The van der Waals surface area contributed by atoms with E-state index >= 15 is 0 Å². The lowest BCUT2D eigenvalue weighted by Gasteiger charge is -2.02. The van der Waals surface area contributed by atoms with Gasteiger partial charge in [-0.05, 0) is 24.9 Å². The van der Waals surface area contributed by atoms with E-state index in [0.29, 0.717) is 11.3 Å². The van der Waals surface area contributed by atoms with E-state index in [1.54, 1.807) is 18.2 Å². The van der Waals surface area contributed by atoms with Crippen molar-refractivity contribution in [3.63, 3.8) is 0 Å². The number of anilines is 2. The summed E-state index contributed by atoms with van der Waals surface area (Å²) in [5.74, 6) is 0.535. The Morgan fingerprint density at radius 1 is 1.21 bits per heavy atom. The summed E-state index contributed by atoms with van der Waals surface area (Å²) < 4.78 is 0. The van der Waals surface area contributed by atoms with Crippen LogP contribution in [0.4, 0.5) is 17.5 Å². The number of fused-ring (bicyclic) bond motifs is 1. The summed E-state index contributed by atoms with van der Waals surface area (Å²) in [6.07, 6.45) is 0. The second kappa shape index (κ2) is 2.95. The smallest absolute Gasteiger partial charge is 0.222 e. The van der Waals surface area contributed by atoms with E-state index in [-0.39, 0.29) is 5.95 Å². The molecule has 0 spiro atoms. The minimum Gasteiger partial charge on any atom is -0.383 e. The number of hydrogen-bond donors (Lipinski definition) is 2. The monoisotopic (exact) mass is 187 g/mol. The third kappa shape index (κ3) is 1.24. The molecule has 0 unspecified atom stereocenters. The first-order chi connectivity index (χ1) is 6.70. The fourth-order valence-electron chi connectivity index (χ4n) is 1.26.